The van der Waals surface area contributed by atoms with Gasteiger partial charge in [0.2, 0.25) is 15.6 Å². The second-order valence-electron chi connectivity index (χ2n) is 8.31. The zero-order chi connectivity index (χ0) is 25.2. The minimum Gasteiger partial charge on any atom is -0.322 e. The van der Waals surface area contributed by atoms with Crippen molar-refractivity contribution in [2.75, 3.05) is 13.6 Å². The summed E-state index contributed by atoms with van der Waals surface area (Å²) in [6.45, 7) is 0.328. The number of alkyl halides is 3. The van der Waals surface area contributed by atoms with Crippen LogP contribution in [0.3, 0.4) is 0 Å². The molecular formula is C26H23F3N2O3S. The molecule has 1 heterocycles. The van der Waals surface area contributed by atoms with Gasteiger partial charge >= 0.3 is 6.18 Å². The van der Waals surface area contributed by atoms with Gasteiger partial charge in [-0.2, -0.15) is 13.2 Å². The Morgan fingerprint density at radius 2 is 1.51 bits per heavy atom. The molecule has 4 aromatic rings. The van der Waals surface area contributed by atoms with Crippen molar-refractivity contribution >= 4 is 20.9 Å². The molecule has 0 spiro atoms. The number of nitrogens with zero attached hydrogens (tertiary/aromatic N) is 1. The lowest BCUT2D eigenvalue weighted by atomic mass is 10.0. The summed E-state index contributed by atoms with van der Waals surface area (Å²) in [6, 6.07) is 20.9. The molecule has 1 aromatic heterocycles. The quantitative estimate of drug-likeness (QED) is 0.388. The van der Waals surface area contributed by atoms with Gasteiger partial charge in [0.15, 0.2) is 0 Å². The van der Waals surface area contributed by atoms with E-state index in [1.54, 1.807) is 18.2 Å². The lowest BCUT2D eigenvalue weighted by Crippen LogP contribution is -2.29. The molecule has 182 valence electrons. The monoisotopic (exact) mass is 500 g/mol. The molecule has 0 saturated carbocycles. The van der Waals surface area contributed by atoms with Gasteiger partial charge in [0.1, 0.15) is 0 Å². The molecule has 3 aromatic carbocycles. The summed E-state index contributed by atoms with van der Waals surface area (Å²) in [6.07, 6.45) is -3.77. The van der Waals surface area contributed by atoms with Crippen LogP contribution in [0.1, 0.15) is 22.3 Å². The average molecular weight is 501 g/mol. The normalized spacial score (nSPS) is 12.4. The van der Waals surface area contributed by atoms with Gasteiger partial charge < -0.3 is 4.98 Å². The number of rotatable bonds is 7. The fourth-order valence-corrected chi connectivity index (χ4v) is 5.06. The molecule has 4 rings (SSSR count). The van der Waals surface area contributed by atoms with Crippen molar-refractivity contribution < 1.29 is 21.6 Å². The van der Waals surface area contributed by atoms with Crippen LogP contribution in [0.15, 0.2) is 88.6 Å². The molecule has 0 radical (unpaired) electrons. The van der Waals surface area contributed by atoms with E-state index in [-0.39, 0.29) is 15.8 Å². The molecule has 0 aliphatic rings. The van der Waals surface area contributed by atoms with Gasteiger partial charge in [-0.15, -0.1) is 0 Å². The van der Waals surface area contributed by atoms with Gasteiger partial charge in [-0.3, -0.25) is 4.79 Å². The van der Waals surface area contributed by atoms with E-state index in [9.17, 15) is 26.4 Å². The number of benzene rings is 3. The zero-order valence-electron chi connectivity index (χ0n) is 18.8. The highest BCUT2D eigenvalue weighted by atomic mass is 32.2. The number of H-pyrrole nitrogens is 1. The Morgan fingerprint density at radius 1 is 0.857 bits per heavy atom. The molecule has 0 atom stereocenters. The van der Waals surface area contributed by atoms with E-state index in [1.807, 2.05) is 30.3 Å². The summed E-state index contributed by atoms with van der Waals surface area (Å²) >= 11 is 0. The predicted octanol–water partition coefficient (Wildman–Crippen LogP) is 5.00. The maximum Gasteiger partial charge on any atom is 0.417 e. The molecule has 9 heteroatoms. The van der Waals surface area contributed by atoms with Gasteiger partial charge in [-0.1, -0.05) is 48.5 Å². The molecule has 0 unspecified atom stereocenters. The van der Waals surface area contributed by atoms with Crippen LogP contribution in [-0.2, 0) is 29.0 Å². The van der Waals surface area contributed by atoms with Gasteiger partial charge in [0, 0.05) is 30.6 Å². The lowest BCUT2D eigenvalue weighted by Gasteiger charge is -2.17. The topological polar surface area (TPSA) is 70.2 Å². The Bertz CT molecular complexity index is 1500. The first-order valence-corrected chi connectivity index (χ1v) is 12.3. The fourth-order valence-electron chi connectivity index (χ4n) is 3.89. The molecule has 0 bridgehead atoms. The van der Waals surface area contributed by atoms with Crippen LogP contribution in [0, 0.1) is 0 Å². The van der Waals surface area contributed by atoms with Gasteiger partial charge in [-0.05, 0) is 53.8 Å². The summed E-state index contributed by atoms with van der Waals surface area (Å²) in [5.41, 5.74) is 0.687. The fraction of sp³-hybridized carbons (Fsp3) is 0.192. The van der Waals surface area contributed by atoms with Gasteiger partial charge in [0.25, 0.3) is 0 Å². The van der Waals surface area contributed by atoms with Crippen molar-refractivity contribution in [3.8, 4) is 0 Å². The van der Waals surface area contributed by atoms with E-state index >= 15 is 0 Å². The van der Waals surface area contributed by atoms with Crippen molar-refractivity contribution in [1.29, 1.82) is 0 Å². The number of halogens is 3. The molecule has 5 nitrogen and oxygen atoms in total. The summed E-state index contributed by atoms with van der Waals surface area (Å²) < 4.78 is 67.4. The van der Waals surface area contributed by atoms with Gasteiger partial charge in [-0.25, -0.2) is 12.7 Å². The van der Waals surface area contributed by atoms with Crippen LogP contribution in [-0.4, -0.2) is 31.3 Å². The predicted molar refractivity (Wildman–Crippen MR) is 129 cm³/mol. The largest absolute Gasteiger partial charge is 0.417 e. The SMILES string of the molecule is CN(CCc1ccccc1)S(=O)(=O)c1ccc(Cc2ccc3[nH]c(=O)cc(C(F)(F)F)c3c2)cc1. The van der Waals surface area contributed by atoms with E-state index < -0.39 is 27.3 Å². The van der Waals surface area contributed by atoms with Crippen molar-refractivity contribution in [2.24, 2.45) is 0 Å². The van der Waals surface area contributed by atoms with Crippen LogP contribution < -0.4 is 5.56 Å². The third-order valence-corrected chi connectivity index (χ3v) is 7.68. The number of sulfonamides is 1. The number of fused-ring (bicyclic) bond motifs is 1. The van der Waals surface area contributed by atoms with E-state index in [0.29, 0.717) is 31.0 Å². The minimum absolute atomic E-state index is 0.0890. The van der Waals surface area contributed by atoms with Crippen molar-refractivity contribution in [2.45, 2.75) is 23.9 Å². The highest BCUT2D eigenvalue weighted by Gasteiger charge is 2.33. The highest BCUT2D eigenvalue weighted by Crippen LogP contribution is 2.33. The zero-order valence-corrected chi connectivity index (χ0v) is 19.7. The van der Waals surface area contributed by atoms with Crippen LogP contribution in [0.25, 0.3) is 10.9 Å². The highest BCUT2D eigenvalue weighted by molar-refractivity contribution is 7.89. The Kier molecular flexibility index (Phi) is 6.82. The molecule has 0 saturated heterocycles. The Morgan fingerprint density at radius 3 is 2.17 bits per heavy atom. The first-order valence-electron chi connectivity index (χ1n) is 10.9. The van der Waals surface area contributed by atoms with Crippen molar-refractivity contribution in [3.63, 3.8) is 0 Å². The summed E-state index contributed by atoms with van der Waals surface area (Å²) in [5, 5.41) is -0.0890. The number of pyridine rings is 1. The van der Waals surface area contributed by atoms with Crippen LogP contribution in [0.4, 0.5) is 13.2 Å². The number of likely N-dealkylation sites (N-methyl/N-ethyl adjacent to an activating group) is 1. The van der Waals surface area contributed by atoms with E-state index in [1.165, 1.54) is 35.6 Å². The molecule has 1 N–H and O–H groups in total. The molecular weight excluding hydrogens is 477 g/mol. The molecule has 35 heavy (non-hydrogen) atoms. The standard InChI is InChI=1S/C26H23F3N2O3S/c1-31(14-13-18-5-3-2-4-6-18)35(33,34)21-10-7-19(8-11-21)15-20-9-12-24-22(16-20)23(26(27,28)29)17-25(32)30-24/h2-12,16-17H,13-15H2,1H3,(H,30,32). The summed E-state index contributed by atoms with van der Waals surface area (Å²) in [5.74, 6) is 0. The van der Waals surface area contributed by atoms with Crippen LogP contribution in [0.5, 0.6) is 0 Å². The van der Waals surface area contributed by atoms with Crippen LogP contribution >= 0.6 is 0 Å². The minimum atomic E-state index is -4.66. The third kappa shape index (κ3) is 5.63. The van der Waals surface area contributed by atoms with E-state index in [2.05, 4.69) is 4.98 Å². The summed E-state index contributed by atoms with van der Waals surface area (Å²) in [7, 11) is -2.15. The number of nitrogens with one attached hydrogen (secondary N) is 1. The first-order chi connectivity index (χ1) is 16.5. The number of hydrogen-bond acceptors (Lipinski definition) is 3. The number of hydrogen-bond donors (Lipinski definition) is 1. The Hall–Kier alpha value is -3.43. The smallest absolute Gasteiger partial charge is 0.322 e. The maximum atomic E-state index is 13.4. The molecule has 0 aliphatic carbocycles. The summed E-state index contributed by atoms with van der Waals surface area (Å²) in [4.78, 5) is 14.2. The Balaban J connectivity index is 1.52. The van der Waals surface area contributed by atoms with Crippen molar-refractivity contribution in [3.05, 3.63) is 111 Å². The van der Waals surface area contributed by atoms with E-state index in [4.69, 9.17) is 0 Å². The second kappa shape index (κ2) is 9.67. The van der Waals surface area contributed by atoms with Gasteiger partial charge in [0.05, 0.1) is 10.5 Å². The number of aromatic amines is 1. The second-order valence-corrected chi connectivity index (χ2v) is 10.4. The van der Waals surface area contributed by atoms with Crippen molar-refractivity contribution in [1.82, 2.24) is 9.29 Å². The molecule has 0 fully saturated rings. The molecule has 0 amide bonds. The number of aromatic nitrogens is 1. The Labute approximate surface area is 200 Å². The lowest BCUT2D eigenvalue weighted by molar-refractivity contribution is -0.136. The molecule has 0 aliphatic heterocycles. The average Bonchev–Trinajstić information content (AvgIpc) is 2.82. The first kappa shape index (κ1) is 24.7. The van der Waals surface area contributed by atoms with E-state index in [0.717, 1.165) is 11.1 Å². The maximum absolute atomic E-state index is 13.4. The van der Waals surface area contributed by atoms with Crippen LogP contribution in [0.2, 0.25) is 0 Å². The third-order valence-electron chi connectivity index (χ3n) is 5.81.